The van der Waals surface area contributed by atoms with Crippen molar-refractivity contribution in [2.75, 3.05) is 6.54 Å². The van der Waals surface area contributed by atoms with Crippen molar-refractivity contribution in [3.63, 3.8) is 0 Å². The van der Waals surface area contributed by atoms with Gasteiger partial charge in [0.15, 0.2) is 0 Å². The van der Waals surface area contributed by atoms with Crippen molar-refractivity contribution in [3.8, 4) is 5.75 Å². The lowest BCUT2D eigenvalue weighted by Crippen LogP contribution is -2.37. The van der Waals surface area contributed by atoms with Gasteiger partial charge in [0.1, 0.15) is 17.4 Å². The van der Waals surface area contributed by atoms with Crippen LogP contribution in [-0.2, 0) is 5.41 Å². The molecule has 1 aliphatic rings. The van der Waals surface area contributed by atoms with Crippen LogP contribution in [-0.4, -0.2) is 12.6 Å². The van der Waals surface area contributed by atoms with E-state index >= 15 is 0 Å². The van der Waals surface area contributed by atoms with Crippen LogP contribution in [0.2, 0.25) is 0 Å². The summed E-state index contributed by atoms with van der Waals surface area (Å²) >= 11 is 0. The van der Waals surface area contributed by atoms with E-state index in [9.17, 15) is 13.6 Å². The van der Waals surface area contributed by atoms with Crippen LogP contribution < -0.4 is 10.1 Å². The highest BCUT2D eigenvalue weighted by Crippen LogP contribution is 2.64. The molecule has 5 heteroatoms. The fourth-order valence-electron chi connectivity index (χ4n) is 3.30. The van der Waals surface area contributed by atoms with Crippen LogP contribution in [0.1, 0.15) is 25.8 Å². The van der Waals surface area contributed by atoms with Gasteiger partial charge in [0, 0.05) is 18.0 Å². The zero-order valence-electron chi connectivity index (χ0n) is 13.6. The van der Waals surface area contributed by atoms with E-state index in [4.69, 9.17) is 4.74 Å². The van der Waals surface area contributed by atoms with E-state index in [2.05, 4.69) is 5.32 Å². The molecular weight excluding hydrogens is 312 g/mol. The summed E-state index contributed by atoms with van der Waals surface area (Å²) in [4.78, 5) is 12.0. The highest BCUT2D eigenvalue weighted by Gasteiger charge is 2.62. The Morgan fingerprint density at radius 3 is 2.42 bits per heavy atom. The molecule has 126 valence electrons. The summed E-state index contributed by atoms with van der Waals surface area (Å²) in [6.45, 7) is 4.23. The second-order valence-electron chi connectivity index (χ2n) is 6.82. The van der Waals surface area contributed by atoms with Crippen LogP contribution in [0, 0.1) is 17.0 Å². The van der Waals surface area contributed by atoms with Gasteiger partial charge in [-0.1, -0.05) is 38.1 Å². The fraction of sp³-hybridized carbons (Fsp3) is 0.316. The second-order valence-corrected chi connectivity index (χ2v) is 6.82. The van der Waals surface area contributed by atoms with Crippen LogP contribution in [0.4, 0.5) is 13.6 Å². The molecule has 1 unspecified atom stereocenters. The van der Waals surface area contributed by atoms with E-state index in [-0.39, 0.29) is 12.0 Å². The van der Waals surface area contributed by atoms with Gasteiger partial charge in [0.2, 0.25) is 0 Å². The Bertz CT molecular complexity index is 761. The summed E-state index contributed by atoms with van der Waals surface area (Å²) in [5.74, 6) is -0.757. The quantitative estimate of drug-likeness (QED) is 0.900. The number of rotatable bonds is 4. The largest absolute Gasteiger partial charge is 0.412 e. The topological polar surface area (TPSA) is 38.3 Å². The predicted molar refractivity (Wildman–Crippen MR) is 86.9 cm³/mol. The molecule has 2 aromatic carbocycles. The van der Waals surface area contributed by atoms with Crippen LogP contribution in [0.3, 0.4) is 0 Å². The summed E-state index contributed by atoms with van der Waals surface area (Å²) < 4.78 is 32.6. The van der Waals surface area contributed by atoms with Gasteiger partial charge < -0.3 is 10.1 Å². The molecule has 0 spiro atoms. The van der Waals surface area contributed by atoms with Gasteiger partial charge in [0.25, 0.3) is 0 Å². The van der Waals surface area contributed by atoms with Crippen molar-refractivity contribution in [2.45, 2.75) is 25.7 Å². The summed E-state index contributed by atoms with van der Waals surface area (Å²) in [6, 6.07) is 12.3. The molecule has 0 saturated heterocycles. The van der Waals surface area contributed by atoms with Gasteiger partial charge in [0.05, 0.1) is 0 Å². The molecule has 1 aliphatic carbocycles. The monoisotopic (exact) mass is 331 g/mol. The standard InChI is InChI=1S/C19H19F2NO2/c1-18(2)11-19(18,15-9-8-13(20)10-16(15)21)12-22-17(23)24-14-6-4-3-5-7-14/h3-10H,11-12H2,1-2H3,(H,22,23). The molecule has 1 saturated carbocycles. The number of carbonyl (C=O) groups is 1. The molecular formula is C19H19F2NO2. The maximum atomic E-state index is 14.2. The predicted octanol–water partition coefficient (Wildman–Crippen LogP) is 4.42. The van der Waals surface area contributed by atoms with Crippen LogP contribution in [0.25, 0.3) is 0 Å². The number of hydrogen-bond acceptors (Lipinski definition) is 2. The molecule has 0 radical (unpaired) electrons. The van der Waals surface area contributed by atoms with Gasteiger partial charge in [-0.2, -0.15) is 0 Å². The Morgan fingerprint density at radius 1 is 1.17 bits per heavy atom. The molecule has 1 atom stereocenters. The van der Waals surface area contributed by atoms with Crippen molar-refractivity contribution in [2.24, 2.45) is 5.41 Å². The van der Waals surface area contributed by atoms with E-state index in [1.54, 1.807) is 24.3 Å². The Balaban J connectivity index is 1.72. The number of nitrogens with one attached hydrogen (secondary N) is 1. The van der Waals surface area contributed by atoms with Gasteiger partial charge in [-0.05, 0) is 35.6 Å². The molecule has 3 rings (SSSR count). The summed E-state index contributed by atoms with van der Waals surface area (Å²) in [5.41, 5.74) is -0.319. The molecule has 0 aliphatic heterocycles. The molecule has 0 aromatic heterocycles. The van der Waals surface area contributed by atoms with Gasteiger partial charge in [-0.25, -0.2) is 13.6 Å². The van der Waals surface area contributed by atoms with E-state index in [0.717, 1.165) is 6.07 Å². The number of amides is 1. The fourth-order valence-corrected chi connectivity index (χ4v) is 3.30. The number of para-hydroxylation sites is 1. The van der Waals surface area contributed by atoms with E-state index in [1.165, 1.54) is 12.1 Å². The smallest absolute Gasteiger partial charge is 0.410 e. The van der Waals surface area contributed by atoms with Crippen molar-refractivity contribution in [3.05, 3.63) is 65.7 Å². The Hall–Kier alpha value is -2.43. The summed E-state index contributed by atoms with van der Waals surface area (Å²) in [5, 5.41) is 2.71. The minimum absolute atomic E-state index is 0.189. The number of carbonyl (C=O) groups excluding carboxylic acids is 1. The molecule has 3 nitrogen and oxygen atoms in total. The lowest BCUT2D eigenvalue weighted by molar-refractivity contribution is 0.198. The Labute approximate surface area is 139 Å². The van der Waals surface area contributed by atoms with Crippen molar-refractivity contribution >= 4 is 6.09 Å². The first kappa shape index (κ1) is 16.4. The second kappa shape index (κ2) is 5.89. The van der Waals surface area contributed by atoms with Crippen LogP contribution in [0.5, 0.6) is 5.75 Å². The van der Waals surface area contributed by atoms with E-state index in [0.29, 0.717) is 17.7 Å². The Kier molecular flexibility index (Phi) is 4.03. The van der Waals surface area contributed by atoms with Gasteiger partial charge >= 0.3 is 6.09 Å². The average molecular weight is 331 g/mol. The Morgan fingerprint density at radius 2 is 1.83 bits per heavy atom. The minimum atomic E-state index is -0.610. The van der Waals surface area contributed by atoms with E-state index in [1.807, 2.05) is 19.9 Å². The van der Waals surface area contributed by atoms with Crippen molar-refractivity contribution in [1.82, 2.24) is 5.32 Å². The zero-order valence-corrected chi connectivity index (χ0v) is 13.6. The number of hydrogen-bond donors (Lipinski definition) is 1. The molecule has 0 bridgehead atoms. The SMILES string of the molecule is CC1(C)CC1(CNC(=O)Oc1ccccc1)c1ccc(F)cc1F. The first-order valence-corrected chi connectivity index (χ1v) is 7.80. The molecule has 1 amide bonds. The molecule has 24 heavy (non-hydrogen) atoms. The third-order valence-corrected chi connectivity index (χ3v) is 4.85. The first-order chi connectivity index (χ1) is 11.3. The normalized spacial score (nSPS) is 21.2. The van der Waals surface area contributed by atoms with Crippen molar-refractivity contribution < 1.29 is 18.3 Å². The molecule has 2 aromatic rings. The molecule has 1 fully saturated rings. The van der Waals surface area contributed by atoms with Crippen molar-refractivity contribution in [1.29, 1.82) is 0 Å². The maximum Gasteiger partial charge on any atom is 0.412 e. The van der Waals surface area contributed by atoms with Gasteiger partial charge in [-0.3, -0.25) is 0 Å². The molecule has 1 N–H and O–H groups in total. The maximum absolute atomic E-state index is 14.2. The summed E-state index contributed by atoms with van der Waals surface area (Å²) in [6.07, 6.45) is 0.111. The lowest BCUT2D eigenvalue weighted by Gasteiger charge is -2.22. The number of halogens is 2. The summed E-state index contributed by atoms with van der Waals surface area (Å²) in [7, 11) is 0. The number of benzene rings is 2. The molecule has 0 heterocycles. The first-order valence-electron chi connectivity index (χ1n) is 7.80. The number of ether oxygens (including phenoxy) is 1. The van der Waals surface area contributed by atoms with Crippen LogP contribution in [0.15, 0.2) is 48.5 Å². The zero-order chi connectivity index (χ0) is 17.4. The van der Waals surface area contributed by atoms with Gasteiger partial charge in [-0.15, -0.1) is 0 Å². The lowest BCUT2D eigenvalue weighted by atomic mass is 9.87. The minimum Gasteiger partial charge on any atom is -0.410 e. The highest BCUT2D eigenvalue weighted by molar-refractivity contribution is 5.70. The average Bonchev–Trinajstić information content (AvgIpc) is 3.08. The third kappa shape index (κ3) is 2.98. The van der Waals surface area contributed by atoms with Crippen LogP contribution >= 0.6 is 0 Å². The third-order valence-electron chi connectivity index (χ3n) is 4.85. The highest BCUT2D eigenvalue weighted by atomic mass is 19.1. The van der Waals surface area contributed by atoms with E-state index < -0.39 is 23.1 Å².